The second-order valence-corrected chi connectivity index (χ2v) is 13.4. The first-order chi connectivity index (χ1) is 23.5. The lowest BCUT2D eigenvalue weighted by molar-refractivity contribution is -0.132. The van der Waals surface area contributed by atoms with Crippen molar-refractivity contribution in [3.8, 4) is 34.8 Å². The van der Waals surface area contributed by atoms with Gasteiger partial charge < -0.3 is 29.8 Å². The van der Waals surface area contributed by atoms with E-state index in [4.69, 9.17) is 24.7 Å². The van der Waals surface area contributed by atoms with Crippen molar-refractivity contribution in [3.63, 3.8) is 0 Å². The molecule has 5 heterocycles. The number of nitrogens with zero attached hydrogens (tertiary/aromatic N) is 4. The molecule has 13 nitrogen and oxygen atoms in total. The first-order valence-corrected chi connectivity index (χ1v) is 16.1. The molecule has 0 aliphatic carbocycles. The maximum atomic E-state index is 13.9. The number of benzene rings is 3. The molecule has 3 aromatic carbocycles. The summed E-state index contributed by atoms with van der Waals surface area (Å²) in [5.74, 6) is 0.0415. The van der Waals surface area contributed by atoms with E-state index in [0.717, 1.165) is 11.1 Å². The normalized spacial score (nSPS) is 24.9. The summed E-state index contributed by atoms with van der Waals surface area (Å²) in [4.78, 5) is 45.7. The van der Waals surface area contributed by atoms with Gasteiger partial charge in [0.15, 0.2) is 23.0 Å². The molecule has 1 fully saturated rings. The highest BCUT2D eigenvalue weighted by Gasteiger charge is 2.57. The largest absolute Gasteiger partial charge is 0.504 e. The van der Waals surface area contributed by atoms with E-state index in [0.29, 0.717) is 63.8 Å². The molecular formula is C36H35N5O8. The highest BCUT2D eigenvalue weighted by Crippen LogP contribution is 2.58. The van der Waals surface area contributed by atoms with Crippen molar-refractivity contribution < 1.29 is 38.4 Å². The Bertz CT molecular complexity index is 2060. The predicted molar refractivity (Wildman–Crippen MR) is 174 cm³/mol. The van der Waals surface area contributed by atoms with E-state index in [-0.39, 0.29) is 36.3 Å². The molecule has 1 saturated heterocycles. The molecular weight excluding hydrogens is 630 g/mol. The van der Waals surface area contributed by atoms with Crippen LogP contribution < -0.4 is 24.7 Å². The Kier molecular flexibility index (Phi) is 6.86. The summed E-state index contributed by atoms with van der Waals surface area (Å²) in [5.41, 5.74) is 11.0. The zero-order valence-electron chi connectivity index (χ0n) is 27.7. The highest BCUT2D eigenvalue weighted by molar-refractivity contribution is 6.21. The van der Waals surface area contributed by atoms with Crippen molar-refractivity contribution in [2.45, 2.75) is 63.8 Å². The van der Waals surface area contributed by atoms with Crippen molar-refractivity contribution in [3.05, 3.63) is 68.8 Å². The van der Waals surface area contributed by atoms with Gasteiger partial charge in [0, 0.05) is 53.5 Å². The van der Waals surface area contributed by atoms with Crippen LogP contribution in [0.2, 0.25) is 0 Å². The number of phenols is 1. The second kappa shape index (κ2) is 10.8. The fourth-order valence-corrected chi connectivity index (χ4v) is 8.94. The van der Waals surface area contributed by atoms with Gasteiger partial charge in [-0.2, -0.15) is 5.26 Å². The summed E-state index contributed by atoms with van der Waals surface area (Å²) in [5, 5.41) is 22.7. The van der Waals surface area contributed by atoms with Crippen molar-refractivity contribution in [2.24, 2.45) is 0 Å². The first-order valence-electron chi connectivity index (χ1n) is 16.1. The zero-order valence-corrected chi connectivity index (χ0v) is 27.7. The number of fused-ring (bicyclic) bond motifs is 10. The SMILES string of the molecule is COc1c(C)cc2c(c1O)[C@@H]1[C@@H]3Cc4c(OC(C)=O)c(C)c5c(c4[C@H](CN4C(=O)c6ccc(N)cc6C4=O)N3[C@@H](C#N)[C@@H](C2)N1C)OCO5. The molecule has 0 unspecified atom stereocenters. The summed E-state index contributed by atoms with van der Waals surface area (Å²) in [6, 6.07) is 6.49. The van der Waals surface area contributed by atoms with Crippen LogP contribution in [0.4, 0.5) is 5.69 Å². The van der Waals surface area contributed by atoms with Crippen molar-refractivity contribution >= 4 is 23.5 Å². The Morgan fingerprint density at radius 3 is 2.51 bits per heavy atom. The molecule has 5 atom stereocenters. The number of piperazine rings is 1. The van der Waals surface area contributed by atoms with E-state index in [2.05, 4.69) is 15.9 Å². The minimum Gasteiger partial charge on any atom is -0.504 e. The van der Waals surface area contributed by atoms with Gasteiger partial charge in [0.1, 0.15) is 11.8 Å². The average Bonchev–Trinajstić information content (AvgIpc) is 3.63. The number of likely N-dealkylation sites (N-methyl/N-ethyl adjacent to an activating group) is 1. The lowest BCUT2D eigenvalue weighted by Gasteiger charge is -2.60. The summed E-state index contributed by atoms with van der Waals surface area (Å²) in [7, 11) is 3.46. The number of ether oxygens (including phenoxy) is 4. The van der Waals surface area contributed by atoms with E-state index < -0.39 is 42.0 Å². The number of hydrogen-bond acceptors (Lipinski definition) is 12. The van der Waals surface area contributed by atoms with Crippen LogP contribution >= 0.6 is 0 Å². The monoisotopic (exact) mass is 665 g/mol. The second-order valence-electron chi connectivity index (χ2n) is 13.4. The molecule has 2 amide bonds. The lowest BCUT2D eigenvalue weighted by Crippen LogP contribution is -2.68. The Morgan fingerprint density at radius 2 is 1.80 bits per heavy atom. The van der Waals surface area contributed by atoms with Crippen LogP contribution in [0.1, 0.15) is 73.1 Å². The number of phenolic OH excluding ortho intramolecular Hbond substituents is 1. The number of methoxy groups -OCH3 is 1. The van der Waals surface area contributed by atoms with Crippen LogP contribution in [0.15, 0.2) is 24.3 Å². The van der Waals surface area contributed by atoms with Gasteiger partial charge in [-0.1, -0.05) is 6.07 Å². The third-order valence-corrected chi connectivity index (χ3v) is 10.9. The smallest absolute Gasteiger partial charge is 0.308 e. The molecule has 252 valence electrons. The van der Waals surface area contributed by atoms with Crippen molar-refractivity contribution in [2.75, 3.05) is 33.2 Å². The van der Waals surface area contributed by atoms with Crippen LogP contribution in [-0.2, 0) is 17.6 Å². The van der Waals surface area contributed by atoms with Gasteiger partial charge in [0.25, 0.3) is 11.8 Å². The first kappa shape index (κ1) is 31.0. The maximum absolute atomic E-state index is 13.9. The number of imide groups is 1. The number of anilines is 1. The molecule has 0 spiro atoms. The molecule has 0 saturated carbocycles. The lowest BCUT2D eigenvalue weighted by atomic mass is 9.71. The summed E-state index contributed by atoms with van der Waals surface area (Å²) >= 11 is 0. The van der Waals surface area contributed by atoms with Crippen molar-refractivity contribution in [1.29, 1.82) is 5.26 Å². The van der Waals surface area contributed by atoms with Gasteiger partial charge in [-0.3, -0.25) is 29.1 Å². The summed E-state index contributed by atoms with van der Waals surface area (Å²) in [6.45, 7) is 4.78. The molecule has 3 N–H and O–H groups in total. The molecule has 0 radical (unpaired) electrons. The van der Waals surface area contributed by atoms with Crippen LogP contribution in [0, 0.1) is 25.2 Å². The van der Waals surface area contributed by atoms with E-state index in [9.17, 15) is 24.8 Å². The quantitative estimate of drug-likeness (QED) is 0.181. The maximum Gasteiger partial charge on any atom is 0.308 e. The van der Waals surface area contributed by atoms with Crippen LogP contribution in [-0.4, -0.2) is 83.2 Å². The highest BCUT2D eigenvalue weighted by atomic mass is 16.7. The fraction of sp³-hybridized carbons (Fsp3) is 0.389. The van der Waals surface area contributed by atoms with E-state index >= 15 is 0 Å². The molecule has 13 heteroatoms. The number of carbonyl (C=O) groups is 3. The van der Waals surface area contributed by atoms with Crippen LogP contribution in [0.25, 0.3) is 0 Å². The summed E-state index contributed by atoms with van der Waals surface area (Å²) < 4.78 is 23.5. The number of nitrogens with two attached hydrogens (primary N) is 1. The standard InChI is InChI=1S/C36H35N5O8/c1-15-8-18-9-23-25(12-37)41-24(29(39(23)4)27(18)30(43)31(15)46-5)11-22-28(34-33(47-14-48-34)16(2)32(22)49-17(3)42)26(41)13-40-35(44)20-7-6-19(38)10-21(20)36(40)45/h6-8,10,23-26,29,43H,9,11,13-14,38H2,1-5H3/t23-,24+,25+,26+,29+/m1/s1. The van der Waals surface area contributed by atoms with Crippen molar-refractivity contribution in [1.82, 2.24) is 14.7 Å². The minimum absolute atomic E-state index is 0.0329. The number of esters is 1. The number of carbonyl (C=O) groups excluding carboxylic acids is 3. The molecule has 0 aromatic heterocycles. The third-order valence-electron chi connectivity index (χ3n) is 10.9. The van der Waals surface area contributed by atoms with Crippen LogP contribution in [0.3, 0.4) is 0 Å². The molecule has 49 heavy (non-hydrogen) atoms. The van der Waals surface area contributed by atoms with Gasteiger partial charge >= 0.3 is 5.97 Å². The number of nitriles is 1. The van der Waals surface area contributed by atoms with Gasteiger partial charge in [-0.15, -0.1) is 0 Å². The van der Waals surface area contributed by atoms with E-state index in [1.165, 1.54) is 25.0 Å². The summed E-state index contributed by atoms with van der Waals surface area (Å²) in [6.07, 6.45) is 0.762. The van der Waals surface area contributed by atoms with E-state index in [1.54, 1.807) is 19.1 Å². The van der Waals surface area contributed by atoms with Gasteiger partial charge in [0.2, 0.25) is 6.79 Å². The Hall–Kier alpha value is -5.32. The minimum atomic E-state index is -0.780. The molecule has 3 aromatic rings. The van der Waals surface area contributed by atoms with Gasteiger partial charge in [-0.05, 0) is 63.1 Å². The van der Waals surface area contributed by atoms with Gasteiger partial charge in [0.05, 0.1) is 36.4 Å². The average molecular weight is 666 g/mol. The van der Waals surface area contributed by atoms with Crippen LogP contribution in [0.5, 0.6) is 28.7 Å². The third kappa shape index (κ3) is 4.20. The Labute approximate surface area is 282 Å². The zero-order chi connectivity index (χ0) is 34.6. The predicted octanol–water partition coefficient (Wildman–Crippen LogP) is 3.32. The fourth-order valence-electron chi connectivity index (χ4n) is 8.94. The molecule has 8 rings (SSSR count). The topological polar surface area (TPSA) is 168 Å². The molecule has 5 aliphatic heterocycles. The van der Waals surface area contributed by atoms with E-state index in [1.807, 2.05) is 20.0 Å². The molecule has 5 aliphatic rings. The number of hydrogen-bond donors (Lipinski definition) is 2. The van der Waals surface area contributed by atoms with Gasteiger partial charge in [-0.25, -0.2) is 0 Å². The molecule has 2 bridgehead atoms. The number of aryl methyl sites for hydroxylation is 1. The Morgan fingerprint density at radius 1 is 1.06 bits per heavy atom. The Balaban J connectivity index is 1.37. The number of aromatic hydroxyl groups is 1. The number of rotatable bonds is 4. The number of amides is 2. The number of nitrogen functional groups attached to an aromatic ring is 1.